The zero-order chi connectivity index (χ0) is 19.4. The fourth-order valence-corrected chi connectivity index (χ4v) is 4.91. The SMILES string of the molecule is COC(=O)C1=C(Nc2ccc(OS(=O)(=O)c3ccccc3Cl)cc2)CSC1. The van der Waals surface area contributed by atoms with Crippen molar-refractivity contribution in [3.8, 4) is 5.75 Å². The van der Waals surface area contributed by atoms with E-state index in [0.29, 0.717) is 22.8 Å². The Balaban J connectivity index is 1.74. The maximum absolute atomic E-state index is 12.4. The Kier molecular flexibility index (Phi) is 5.98. The first-order chi connectivity index (χ1) is 12.9. The highest BCUT2D eigenvalue weighted by Crippen LogP contribution is 2.29. The third kappa shape index (κ3) is 4.58. The first-order valence-corrected chi connectivity index (χ1v) is 10.8. The molecular weight excluding hydrogens is 410 g/mol. The number of hydrogen-bond acceptors (Lipinski definition) is 7. The molecule has 0 bridgehead atoms. The van der Waals surface area contributed by atoms with Gasteiger partial charge in [-0.15, -0.1) is 0 Å². The van der Waals surface area contributed by atoms with E-state index in [4.69, 9.17) is 20.5 Å². The largest absolute Gasteiger partial charge is 0.466 e. The van der Waals surface area contributed by atoms with Crippen LogP contribution in [0.15, 0.2) is 64.7 Å². The number of benzene rings is 2. The van der Waals surface area contributed by atoms with Crippen LogP contribution in [0.2, 0.25) is 5.02 Å². The summed E-state index contributed by atoms with van der Waals surface area (Å²) in [5.41, 5.74) is 2.09. The molecule has 1 heterocycles. The minimum atomic E-state index is -4.03. The molecule has 27 heavy (non-hydrogen) atoms. The van der Waals surface area contributed by atoms with E-state index < -0.39 is 10.1 Å². The van der Waals surface area contributed by atoms with Gasteiger partial charge in [-0.05, 0) is 36.4 Å². The van der Waals surface area contributed by atoms with Gasteiger partial charge in [-0.1, -0.05) is 23.7 Å². The van der Waals surface area contributed by atoms with E-state index in [9.17, 15) is 13.2 Å². The first kappa shape index (κ1) is 19.6. The molecular formula is C18H16ClNO5S2. The Labute approximate surface area is 166 Å². The topological polar surface area (TPSA) is 81.7 Å². The average molecular weight is 426 g/mol. The van der Waals surface area contributed by atoms with Gasteiger partial charge in [0.1, 0.15) is 10.6 Å². The molecule has 142 valence electrons. The zero-order valence-electron chi connectivity index (χ0n) is 14.3. The van der Waals surface area contributed by atoms with Crippen molar-refractivity contribution >= 4 is 45.1 Å². The molecule has 3 rings (SSSR count). The molecule has 0 amide bonds. The molecule has 0 saturated carbocycles. The number of nitrogens with one attached hydrogen (secondary N) is 1. The van der Waals surface area contributed by atoms with Crippen LogP contribution < -0.4 is 9.50 Å². The number of halogens is 1. The Morgan fingerprint density at radius 1 is 1.11 bits per heavy atom. The molecule has 1 N–H and O–H groups in total. The predicted molar refractivity (Wildman–Crippen MR) is 106 cm³/mol. The van der Waals surface area contributed by atoms with Crippen molar-refractivity contribution in [1.82, 2.24) is 0 Å². The maximum Gasteiger partial charge on any atom is 0.340 e. The lowest BCUT2D eigenvalue weighted by atomic mass is 10.2. The number of hydrogen-bond donors (Lipinski definition) is 1. The molecule has 0 radical (unpaired) electrons. The van der Waals surface area contributed by atoms with Gasteiger partial charge >= 0.3 is 16.1 Å². The third-order valence-corrected chi connectivity index (χ3v) is 6.48. The number of anilines is 1. The third-order valence-electron chi connectivity index (χ3n) is 3.75. The Morgan fingerprint density at radius 2 is 1.81 bits per heavy atom. The van der Waals surface area contributed by atoms with Crippen LogP contribution in [0, 0.1) is 0 Å². The van der Waals surface area contributed by atoms with Gasteiger partial charge in [-0.2, -0.15) is 20.2 Å². The van der Waals surface area contributed by atoms with Crippen LogP contribution in [0.3, 0.4) is 0 Å². The quantitative estimate of drug-likeness (QED) is 0.558. The average Bonchev–Trinajstić information content (AvgIpc) is 3.11. The van der Waals surface area contributed by atoms with E-state index in [1.165, 1.54) is 31.4 Å². The Bertz CT molecular complexity index is 987. The molecule has 9 heteroatoms. The van der Waals surface area contributed by atoms with Gasteiger partial charge in [0.25, 0.3) is 0 Å². The van der Waals surface area contributed by atoms with Crippen molar-refractivity contribution in [2.75, 3.05) is 23.9 Å². The van der Waals surface area contributed by atoms with Crippen LogP contribution in [0.25, 0.3) is 0 Å². The summed E-state index contributed by atoms with van der Waals surface area (Å²) in [5, 5.41) is 3.26. The second-order valence-electron chi connectivity index (χ2n) is 5.56. The van der Waals surface area contributed by atoms with Gasteiger partial charge in [0.2, 0.25) is 0 Å². The van der Waals surface area contributed by atoms with Crippen LogP contribution in [-0.4, -0.2) is 33.0 Å². The molecule has 0 aromatic heterocycles. The summed E-state index contributed by atoms with van der Waals surface area (Å²) < 4.78 is 34.6. The van der Waals surface area contributed by atoms with Gasteiger partial charge in [0.15, 0.2) is 0 Å². The number of ether oxygens (including phenoxy) is 1. The standard InChI is InChI=1S/C18H16ClNO5S2/c1-24-18(21)14-10-26-11-16(14)20-12-6-8-13(9-7-12)25-27(22,23)17-5-3-2-4-15(17)19/h2-9,20H,10-11H2,1H3. The second kappa shape index (κ2) is 8.24. The predicted octanol–water partition coefficient (Wildman–Crippen LogP) is 3.69. The van der Waals surface area contributed by atoms with Crippen LogP contribution in [0.5, 0.6) is 5.75 Å². The van der Waals surface area contributed by atoms with E-state index in [-0.39, 0.29) is 21.6 Å². The number of rotatable bonds is 6. The highest BCUT2D eigenvalue weighted by atomic mass is 35.5. The van der Waals surface area contributed by atoms with Crippen LogP contribution in [-0.2, 0) is 19.6 Å². The smallest absolute Gasteiger partial charge is 0.340 e. The maximum atomic E-state index is 12.4. The Hall–Kier alpha value is -2.16. The van der Waals surface area contributed by atoms with E-state index in [0.717, 1.165) is 5.70 Å². The van der Waals surface area contributed by atoms with Crippen molar-refractivity contribution in [2.24, 2.45) is 0 Å². The molecule has 1 aliphatic rings. The van der Waals surface area contributed by atoms with Gasteiger partial charge in [-0.3, -0.25) is 0 Å². The lowest BCUT2D eigenvalue weighted by Crippen LogP contribution is -2.11. The number of thioether (sulfide) groups is 1. The summed E-state index contributed by atoms with van der Waals surface area (Å²) >= 11 is 7.54. The molecule has 0 saturated heterocycles. The molecule has 1 aliphatic heterocycles. The highest BCUT2D eigenvalue weighted by molar-refractivity contribution is 8.00. The van der Waals surface area contributed by atoms with Crippen molar-refractivity contribution in [1.29, 1.82) is 0 Å². The van der Waals surface area contributed by atoms with Crippen LogP contribution in [0.4, 0.5) is 5.69 Å². The first-order valence-electron chi connectivity index (χ1n) is 7.85. The van der Waals surface area contributed by atoms with Gasteiger partial charge in [0.05, 0.1) is 17.7 Å². The number of carbonyl (C=O) groups is 1. The van der Waals surface area contributed by atoms with Crippen molar-refractivity contribution < 1.29 is 22.1 Å². The van der Waals surface area contributed by atoms with E-state index in [2.05, 4.69) is 5.32 Å². The second-order valence-corrected chi connectivity index (χ2v) is 8.47. The number of methoxy groups -OCH3 is 1. The van der Waals surface area contributed by atoms with Crippen molar-refractivity contribution in [3.63, 3.8) is 0 Å². The van der Waals surface area contributed by atoms with E-state index in [1.54, 1.807) is 36.0 Å². The summed E-state index contributed by atoms with van der Waals surface area (Å²) in [6.07, 6.45) is 0. The fraction of sp³-hybridized carbons (Fsp3) is 0.167. The monoisotopic (exact) mass is 425 g/mol. The van der Waals surface area contributed by atoms with Crippen LogP contribution >= 0.6 is 23.4 Å². The van der Waals surface area contributed by atoms with Crippen molar-refractivity contribution in [3.05, 3.63) is 64.8 Å². The number of carbonyl (C=O) groups excluding carboxylic acids is 1. The van der Waals surface area contributed by atoms with E-state index >= 15 is 0 Å². The van der Waals surface area contributed by atoms with E-state index in [1.807, 2.05) is 0 Å². The minimum Gasteiger partial charge on any atom is -0.466 e. The van der Waals surface area contributed by atoms with Gasteiger partial charge < -0.3 is 14.2 Å². The molecule has 0 fully saturated rings. The zero-order valence-corrected chi connectivity index (χ0v) is 16.7. The van der Waals surface area contributed by atoms with Crippen LogP contribution in [0.1, 0.15) is 0 Å². The lowest BCUT2D eigenvalue weighted by Gasteiger charge is -2.11. The summed E-state index contributed by atoms with van der Waals surface area (Å²) in [5.74, 6) is 1.06. The van der Waals surface area contributed by atoms with Gasteiger partial charge in [-0.25, -0.2) is 4.79 Å². The molecule has 0 atom stereocenters. The van der Waals surface area contributed by atoms with Gasteiger partial charge in [0, 0.05) is 22.9 Å². The normalized spacial score (nSPS) is 14.1. The molecule has 6 nitrogen and oxygen atoms in total. The Morgan fingerprint density at radius 3 is 2.48 bits per heavy atom. The minimum absolute atomic E-state index is 0.0928. The molecule has 0 unspecified atom stereocenters. The summed E-state index contributed by atoms with van der Waals surface area (Å²) in [6.45, 7) is 0. The fourth-order valence-electron chi connectivity index (χ4n) is 2.43. The summed E-state index contributed by atoms with van der Waals surface area (Å²) in [7, 11) is -2.68. The molecule has 2 aromatic rings. The molecule has 2 aromatic carbocycles. The number of esters is 1. The lowest BCUT2D eigenvalue weighted by molar-refractivity contribution is -0.136. The molecule has 0 spiro atoms. The summed E-state index contributed by atoms with van der Waals surface area (Å²) in [6, 6.07) is 12.5. The highest BCUT2D eigenvalue weighted by Gasteiger charge is 2.22. The molecule has 0 aliphatic carbocycles. The summed E-state index contributed by atoms with van der Waals surface area (Å²) in [4.78, 5) is 11.7. The van der Waals surface area contributed by atoms with Crippen molar-refractivity contribution in [2.45, 2.75) is 4.90 Å².